The molecule has 98 valence electrons. The van der Waals surface area contributed by atoms with Crippen LogP contribution in [0.3, 0.4) is 0 Å². The van der Waals surface area contributed by atoms with Gasteiger partial charge in [0.1, 0.15) is 5.75 Å². The zero-order chi connectivity index (χ0) is 13.2. The summed E-state index contributed by atoms with van der Waals surface area (Å²) in [4.78, 5) is 11.5. The van der Waals surface area contributed by atoms with Crippen LogP contribution in [-0.2, 0) is 11.3 Å². The SMILES string of the molecule is C=CCNCCC(=O)NCc1ccc(OC)cc1. The summed E-state index contributed by atoms with van der Waals surface area (Å²) in [5.41, 5.74) is 1.06. The molecular formula is C14H20N2O2. The molecule has 0 fully saturated rings. The van der Waals surface area contributed by atoms with E-state index in [0.717, 1.165) is 17.9 Å². The van der Waals surface area contributed by atoms with Gasteiger partial charge in [-0.2, -0.15) is 0 Å². The monoisotopic (exact) mass is 248 g/mol. The van der Waals surface area contributed by atoms with E-state index in [-0.39, 0.29) is 5.91 Å². The summed E-state index contributed by atoms with van der Waals surface area (Å²) in [6.45, 7) is 5.54. The van der Waals surface area contributed by atoms with E-state index in [1.165, 1.54) is 0 Å². The van der Waals surface area contributed by atoms with Crippen molar-refractivity contribution < 1.29 is 9.53 Å². The number of methoxy groups -OCH3 is 1. The molecule has 4 heteroatoms. The van der Waals surface area contributed by atoms with E-state index in [1.807, 2.05) is 24.3 Å². The molecule has 0 aliphatic rings. The van der Waals surface area contributed by atoms with Gasteiger partial charge in [-0.25, -0.2) is 0 Å². The average molecular weight is 248 g/mol. The summed E-state index contributed by atoms with van der Waals surface area (Å²) in [6, 6.07) is 7.64. The minimum absolute atomic E-state index is 0.0439. The first kappa shape index (κ1) is 14.3. The predicted molar refractivity (Wildman–Crippen MR) is 72.5 cm³/mol. The molecule has 0 heterocycles. The normalized spacial score (nSPS) is 9.83. The number of hydrogen-bond acceptors (Lipinski definition) is 3. The largest absolute Gasteiger partial charge is 0.497 e. The first-order chi connectivity index (χ1) is 8.76. The second-order valence-corrected chi connectivity index (χ2v) is 3.87. The van der Waals surface area contributed by atoms with Crippen molar-refractivity contribution in [2.75, 3.05) is 20.2 Å². The molecule has 1 amide bonds. The summed E-state index contributed by atoms with van der Waals surface area (Å²) in [5, 5.41) is 5.95. The third-order valence-electron chi connectivity index (χ3n) is 2.47. The zero-order valence-corrected chi connectivity index (χ0v) is 10.7. The van der Waals surface area contributed by atoms with E-state index in [0.29, 0.717) is 19.5 Å². The van der Waals surface area contributed by atoms with Gasteiger partial charge in [-0.15, -0.1) is 6.58 Å². The number of carbonyl (C=O) groups excluding carboxylic acids is 1. The number of benzene rings is 1. The molecule has 4 nitrogen and oxygen atoms in total. The third kappa shape index (κ3) is 5.50. The maximum absolute atomic E-state index is 11.5. The van der Waals surface area contributed by atoms with Crippen LogP contribution in [0, 0.1) is 0 Å². The second kappa shape index (κ2) is 8.31. The molecule has 1 rings (SSSR count). The lowest BCUT2D eigenvalue weighted by Gasteiger charge is -2.06. The van der Waals surface area contributed by atoms with Gasteiger partial charge in [0.15, 0.2) is 0 Å². The molecule has 0 radical (unpaired) electrons. The highest BCUT2D eigenvalue weighted by atomic mass is 16.5. The van der Waals surface area contributed by atoms with Crippen LogP contribution in [0.25, 0.3) is 0 Å². The first-order valence-electron chi connectivity index (χ1n) is 5.97. The molecule has 1 aromatic carbocycles. The van der Waals surface area contributed by atoms with Crippen molar-refractivity contribution in [2.24, 2.45) is 0 Å². The van der Waals surface area contributed by atoms with Gasteiger partial charge in [-0.3, -0.25) is 4.79 Å². The standard InChI is InChI=1S/C14H20N2O2/c1-3-9-15-10-8-14(17)16-11-12-4-6-13(18-2)7-5-12/h3-7,15H,1,8-11H2,2H3,(H,16,17). The van der Waals surface area contributed by atoms with Crippen LogP contribution < -0.4 is 15.4 Å². The van der Waals surface area contributed by atoms with E-state index in [2.05, 4.69) is 17.2 Å². The first-order valence-corrected chi connectivity index (χ1v) is 5.97. The summed E-state index contributed by atoms with van der Waals surface area (Å²) in [5.74, 6) is 0.862. The Morgan fingerprint density at radius 2 is 2.11 bits per heavy atom. The Morgan fingerprint density at radius 1 is 1.39 bits per heavy atom. The van der Waals surface area contributed by atoms with E-state index in [4.69, 9.17) is 4.74 Å². The van der Waals surface area contributed by atoms with E-state index >= 15 is 0 Å². The molecule has 0 saturated heterocycles. The quantitative estimate of drug-likeness (QED) is 0.541. The Bertz CT molecular complexity index is 374. The highest BCUT2D eigenvalue weighted by Gasteiger charge is 2.00. The van der Waals surface area contributed by atoms with Crippen LogP contribution in [0.1, 0.15) is 12.0 Å². The van der Waals surface area contributed by atoms with Crippen molar-refractivity contribution in [3.8, 4) is 5.75 Å². The maximum atomic E-state index is 11.5. The van der Waals surface area contributed by atoms with E-state index in [1.54, 1.807) is 13.2 Å². The molecule has 0 aromatic heterocycles. The lowest BCUT2D eigenvalue weighted by Crippen LogP contribution is -2.27. The Hall–Kier alpha value is -1.81. The number of rotatable bonds is 8. The molecule has 0 aliphatic carbocycles. The second-order valence-electron chi connectivity index (χ2n) is 3.87. The van der Waals surface area contributed by atoms with Crippen LogP contribution in [0.2, 0.25) is 0 Å². The van der Waals surface area contributed by atoms with Crippen molar-refractivity contribution in [1.82, 2.24) is 10.6 Å². The van der Waals surface area contributed by atoms with Gasteiger partial charge < -0.3 is 15.4 Å². The van der Waals surface area contributed by atoms with E-state index < -0.39 is 0 Å². The van der Waals surface area contributed by atoms with Gasteiger partial charge in [-0.1, -0.05) is 18.2 Å². The van der Waals surface area contributed by atoms with Crippen LogP contribution >= 0.6 is 0 Å². The molecule has 0 atom stereocenters. The van der Waals surface area contributed by atoms with Crippen molar-refractivity contribution in [3.05, 3.63) is 42.5 Å². The lowest BCUT2D eigenvalue weighted by molar-refractivity contribution is -0.121. The summed E-state index contributed by atoms with van der Waals surface area (Å²) in [6.07, 6.45) is 2.25. The number of hydrogen-bond donors (Lipinski definition) is 2. The molecule has 0 aliphatic heterocycles. The maximum Gasteiger partial charge on any atom is 0.221 e. The van der Waals surface area contributed by atoms with Crippen LogP contribution in [-0.4, -0.2) is 26.1 Å². The van der Waals surface area contributed by atoms with Crippen molar-refractivity contribution in [1.29, 1.82) is 0 Å². The molecular weight excluding hydrogens is 228 g/mol. The van der Waals surface area contributed by atoms with Crippen LogP contribution in [0.15, 0.2) is 36.9 Å². The highest BCUT2D eigenvalue weighted by molar-refractivity contribution is 5.76. The molecule has 2 N–H and O–H groups in total. The Labute approximate surface area is 108 Å². The number of nitrogens with one attached hydrogen (secondary N) is 2. The van der Waals surface area contributed by atoms with Gasteiger partial charge in [0.2, 0.25) is 5.91 Å². The number of carbonyl (C=O) groups is 1. The van der Waals surface area contributed by atoms with Gasteiger partial charge in [0, 0.05) is 26.1 Å². The molecule has 0 spiro atoms. The number of amides is 1. The van der Waals surface area contributed by atoms with Gasteiger partial charge in [0.25, 0.3) is 0 Å². The predicted octanol–water partition coefficient (Wildman–Crippen LogP) is 1.48. The Kier molecular flexibility index (Phi) is 6.58. The topological polar surface area (TPSA) is 50.4 Å². The summed E-state index contributed by atoms with van der Waals surface area (Å²) >= 11 is 0. The molecule has 18 heavy (non-hydrogen) atoms. The fraction of sp³-hybridized carbons (Fsp3) is 0.357. The molecule has 0 bridgehead atoms. The fourth-order valence-corrected chi connectivity index (χ4v) is 1.44. The molecule has 0 saturated carbocycles. The minimum atomic E-state index is 0.0439. The van der Waals surface area contributed by atoms with Crippen LogP contribution in [0.5, 0.6) is 5.75 Å². The van der Waals surface area contributed by atoms with Gasteiger partial charge >= 0.3 is 0 Å². The van der Waals surface area contributed by atoms with Crippen molar-refractivity contribution in [2.45, 2.75) is 13.0 Å². The number of ether oxygens (including phenoxy) is 1. The Morgan fingerprint density at radius 3 is 2.72 bits per heavy atom. The van der Waals surface area contributed by atoms with Crippen LogP contribution in [0.4, 0.5) is 0 Å². The van der Waals surface area contributed by atoms with Gasteiger partial charge in [-0.05, 0) is 17.7 Å². The fourth-order valence-electron chi connectivity index (χ4n) is 1.44. The average Bonchev–Trinajstić information content (AvgIpc) is 2.42. The highest BCUT2D eigenvalue weighted by Crippen LogP contribution is 2.10. The Balaban J connectivity index is 2.22. The van der Waals surface area contributed by atoms with Crippen molar-refractivity contribution >= 4 is 5.91 Å². The zero-order valence-electron chi connectivity index (χ0n) is 10.7. The molecule has 1 aromatic rings. The smallest absolute Gasteiger partial charge is 0.221 e. The third-order valence-corrected chi connectivity index (χ3v) is 2.47. The minimum Gasteiger partial charge on any atom is -0.497 e. The van der Waals surface area contributed by atoms with Crippen molar-refractivity contribution in [3.63, 3.8) is 0 Å². The van der Waals surface area contributed by atoms with E-state index in [9.17, 15) is 4.79 Å². The molecule has 0 unspecified atom stereocenters. The summed E-state index contributed by atoms with van der Waals surface area (Å²) in [7, 11) is 1.63. The lowest BCUT2D eigenvalue weighted by atomic mass is 10.2. The summed E-state index contributed by atoms with van der Waals surface area (Å²) < 4.78 is 5.07. The van der Waals surface area contributed by atoms with Gasteiger partial charge in [0.05, 0.1) is 7.11 Å².